The third-order valence-corrected chi connectivity index (χ3v) is 5.25. The molecular weight excluding hydrogens is 334 g/mol. The number of hydrogen-bond acceptors (Lipinski definition) is 2. The number of pyridine rings is 1. The van der Waals surface area contributed by atoms with Gasteiger partial charge >= 0.3 is 0 Å². The number of carbonyl (C=O) groups is 1. The summed E-state index contributed by atoms with van der Waals surface area (Å²) in [5.74, 6) is -0.0345. The van der Waals surface area contributed by atoms with E-state index in [1.54, 1.807) is 12.4 Å². The minimum atomic E-state index is -0.0345. The molecule has 27 heavy (non-hydrogen) atoms. The second-order valence-electron chi connectivity index (χ2n) is 6.95. The summed E-state index contributed by atoms with van der Waals surface area (Å²) in [6.07, 6.45) is 4.43. The molecule has 0 atom stereocenters. The molecule has 2 heterocycles. The fourth-order valence-corrected chi connectivity index (χ4v) is 3.69. The Morgan fingerprint density at radius 1 is 1.11 bits per heavy atom. The molecule has 0 fully saturated rings. The van der Waals surface area contributed by atoms with Gasteiger partial charge in [0.2, 0.25) is 0 Å². The summed E-state index contributed by atoms with van der Waals surface area (Å²) in [6.45, 7) is 9.60. The van der Waals surface area contributed by atoms with Crippen molar-refractivity contribution in [2.24, 2.45) is 0 Å². The van der Waals surface area contributed by atoms with E-state index in [2.05, 4.69) is 60.8 Å². The Labute approximate surface area is 161 Å². The number of rotatable bonds is 6. The number of carbonyl (C=O) groups excluding carboxylic acids is 1. The lowest BCUT2D eigenvalue weighted by molar-refractivity contribution is 0.0941. The molecule has 140 valence electrons. The SMILES string of the molecule is CCc1c(C)c(C(=O)NCc2cccnc2)n(Cc2ccccc2C)c1C. The molecule has 0 aliphatic carbocycles. The van der Waals surface area contributed by atoms with Gasteiger partial charge in [-0.2, -0.15) is 0 Å². The Morgan fingerprint density at radius 3 is 2.56 bits per heavy atom. The van der Waals surface area contributed by atoms with Gasteiger partial charge in [0, 0.05) is 31.2 Å². The molecule has 2 aromatic heterocycles. The first-order valence-corrected chi connectivity index (χ1v) is 9.43. The maximum absolute atomic E-state index is 13.1. The van der Waals surface area contributed by atoms with Crippen LogP contribution in [0.1, 0.15) is 50.9 Å². The summed E-state index contributed by atoms with van der Waals surface area (Å²) in [6, 6.07) is 12.2. The van der Waals surface area contributed by atoms with Gasteiger partial charge in [-0.1, -0.05) is 37.3 Å². The minimum Gasteiger partial charge on any atom is -0.347 e. The van der Waals surface area contributed by atoms with Crippen LogP contribution >= 0.6 is 0 Å². The van der Waals surface area contributed by atoms with Crippen molar-refractivity contribution in [2.45, 2.75) is 47.2 Å². The monoisotopic (exact) mass is 361 g/mol. The molecule has 0 radical (unpaired) electrons. The topological polar surface area (TPSA) is 46.9 Å². The maximum atomic E-state index is 13.1. The summed E-state index contributed by atoms with van der Waals surface area (Å²) >= 11 is 0. The van der Waals surface area contributed by atoms with Crippen LogP contribution in [-0.4, -0.2) is 15.5 Å². The minimum absolute atomic E-state index is 0.0345. The molecule has 1 N–H and O–H groups in total. The third kappa shape index (κ3) is 3.95. The van der Waals surface area contributed by atoms with Crippen molar-refractivity contribution >= 4 is 5.91 Å². The molecule has 0 saturated carbocycles. The van der Waals surface area contributed by atoms with Crippen molar-refractivity contribution in [2.75, 3.05) is 0 Å². The predicted octanol–water partition coefficient (Wildman–Crippen LogP) is 4.35. The second kappa shape index (κ2) is 8.21. The summed E-state index contributed by atoms with van der Waals surface area (Å²) in [5, 5.41) is 3.06. The quantitative estimate of drug-likeness (QED) is 0.709. The molecule has 1 aromatic carbocycles. The van der Waals surface area contributed by atoms with Crippen molar-refractivity contribution < 1.29 is 4.79 Å². The van der Waals surface area contributed by atoms with Gasteiger partial charge < -0.3 is 9.88 Å². The fourth-order valence-electron chi connectivity index (χ4n) is 3.69. The van der Waals surface area contributed by atoms with E-state index in [-0.39, 0.29) is 5.91 Å². The zero-order valence-electron chi connectivity index (χ0n) is 16.5. The van der Waals surface area contributed by atoms with Crippen LogP contribution in [-0.2, 0) is 19.5 Å². The highest BCUT2D eigenvalue weighted by molar-refractivity contribution is 5.95. The highest BCUT2D eigenvalue weighted by Crippen LogP contribution is 2.25. The van der Waals surface area contributed by atoms with Gasteiger partial charge in [-0.05, 0) is 61.1 Å². The lowest BCUT2D eigenvalue weighted by Gasteiger charge is -2.14. The highest BCUT2D eigenvalue weighted by atomic mass is 16.1. The van der Waals surface area contributed by atoms with E-state index in [1.807, 2.05) is 18.2 Å². The zero-order chi connectivity index (χ0) is 19.4. The van der Waals surface area contributed by atoms with E-state index < -0.39 is 0 Å². The van der Waals surface area contributed by atoms with Crippen LogP contribution in [0.25, 0.3) is 0 Å². The van der Waals surface area contributed by atoms with E-state index in [1.165, 1.54) is 22.4 Å². The molecule has 0 saturated heterocycles. The number of hydrogen-bond donors (Lipinski definition) is 1. The van der Waals surface area contributed by atoms with E-state index >= 15 is 0 Å². The van der Waals surface area contributed by atoms with Crippen LogP contribution < -0.4 is 5.32 Å². The molecule has 0 spiro atoms. The Balaban J connectivity index is 1.93. The predicted molar refractivity (Wildman–Crippen MR) is 109 cm³/mol. The van der Waals surface area contributed by atoms with Crippen LogP contribution in [0.4, 0.5) is 0 Å². The normalized spacial score (nSPS) is 10.8. The van der Waals surface area contributed by atoms with Crippen LogP contribution in [0.5, 0.6) is 0 Å². The first-order chi connectivity index (χ1) is 13.0. The Bertz CT molecular complexity index is 942. The van der Waals surface area contributed by atoms with Gasteiger partial charge in [0.1, 0.15) is 5.69 Å². The van der Waals surface area contributed by atoms with Crippen molar-refractivity contribution in [3.63, 3.8) is 0 Å². The average Bonchev–Trinajstić information content (AvgIpc) is 2.92. The van der Waals surface area contributed by atoms with Crippen molar-refractivity contribution in [3.05, 3.63) is 88.0 Å². The van der Waals surface area contributed by atoms with Gasteiger partial charge in [0.05, 0.1) is 0 Å². The van der Waals surface area contributed by atoms with Crippen LogP contribution in [0, 0.1) is 20.8 Å². The van der Waals surface area contributed by atoms with E-state index in [0.29, 0.717) is 13.1 Å². The van der Waals surface area contributed by atoms with Crippen molar-refractivity contribution in [3.8, 4) is 0 Å². The fraction of sp³-hybridized carbons (Fsp3) is 0.304. The number of aromatic nitrogens is 2. The molecule has 3 aromatic rings. The molecule has 0 bridgehead atoms. The lowest BCUT2D eigenvalue weighted by atomic mass is 10.1. The van der Waals surface area contributed by atoms with Gasteiger partial charge in [-0.15, -0.1) is 0 Å². The maximum Gasteiger partial charge on any atom is 0.268 e. The number of amides is 1. The summed E-state index contributed by atoms with van der Waals surface area (Å²) < 4.78 is 2.16. The number of nitrogens with one attached hydrogen (secondary N) is 1. The Morgan fingerprint density at radius 2 is 1.89 bits per heavy atom. The Hall–Kier alpha value is -2.88. The standard InChI is InChI=1S/C23H27N3O/c1-5-21-17(3)22(23(27)25-14-19-10-8-12-24-13-19)26(18(21)4)15-20-11-7-6-9-16(20)2/h6-13H,5,14-15H2,1-4H3,(H,25,27). The molecule has 0 aliphatic rings. The second-order valence-corrected chi connectivity index (χ2v) is 6.95. The first-order valence-electron chi connectivity index (χ1n) is 9.43. The van der Waals surface area contributed by atoms with Crippen molar-refractivity contribution in [1.29, 1.82) is 0 Å². The molecule has 4 heteroatoms. The van der Waals surface area contributed by atoms with Crippen LogP contribution in [0.2, 0.25) is 0 Å². The summed E-state index contributed by atoms with van der Waals surface area (Å²) in [5.41, 5.74) is 7.74. The van der Waals surface area contributed by atoms with E-state index in [9.17, 15) is 4.79 Å². The largest absolute Gasteiger partial charge is 0.347 e. The van der Waals surface area contributed by atoms with E-state index in [4.69, 9.17) is 0 Å². The third-order valence-electron chi connectivity index (χ3n) is 5.25. The van der Waals surface area contributed by atoms with Crippen molar-refractivity contribution in [1.82, 2.24) is 14.9 Å². The van der Waals surface area contributed by atoms with Gasteiger partial charge in [0.15, 0.2) is 0 Å². The zero-order valence-corrected chi connectivity index (χ0v) is 16.5. The van der Waals surface area contributed by atoms with Gasteiger partial charge in [-0.3, -0.25) is 9.78 Å². The molecule has 0 aliphatic heterocycles. The highest BCUT2D eigenvalue weighted by Gasteiger charge is 2.22. The first kappa shape index (κ1) is 18.9. The average molecular weight is 361 g/mol. The smallest absolute Gasteiger partial charge is 0.268 e. The van der Waals surface area contributed by atoms with Gasteiger partial charge in [-0.25, -0.2) is 0 Å². The van der Waals surface area contributed by atoms with Crippen LogP contribution in [0.15, 0.2) is 48.8 Å². The molecule has 4 nitrogen and oxygen atoms in total. The van der Waals surface area contributed by atoms with Gasteiger partial charge in [0.25, 0.3) is 5.91 Å². The summed E-state index contributed by atoms with van der Waals surface area (Å²) in [7, 11) is 0. The number of nitrogens with zero attached hydrogens (tertiary/aromatic N) is 2. The molecule has 0 unspecified atom stereocenters. The summed E-state index contributed by atoms with van der Waals surface area (Å²) in [4.78, 5) is 17.2. The molecule has 1 amide bonds. The lowest BCUT2D eigenvalue weighted by Crippen LogP contribution is -2.27. The molecular formula is C23H27N3O. The molecule has 3 rings (SSSR count). The van der Waals surface area contributed by atoms with E-state index in [0.717, 1.165) is 23.2 Å². The Kier molecular flexibility index (Phi) is 5.75. The number of aryl methyl sites for hydroxylation is 1. The number of benzene rings is 1. The van der Waals surface area contributed by atoms with Crippen LogP contribution in [0.3, 0.4) is 0 Å².